The summed E-state index contributed by atoms with van der Waals surface area (Å²) in [4.78, 5) is 2.46. The van der Waals surface area contributed by atoms with Crippen molar-refractivity contribution in [3.05, 3.63) is 27.1 Å². The van der Waals surface area contributed by atoms with Crippen molar-refractivity contribution in [1.29, 1.82) is 0 Å². The van der Waals surface area contributed by atoms with Gasteiger partial charge in [0, 0.05) is 18.8 Å². The van der Waals surface area contributed by atoms with Gasteiger partial charge in [-0.3, -0.25) is 9.30 Å². The molecule has 0 saturated carbocycles. The number of piperidine rings is 1. The Labute approximate surface area is 139 Å². The molecule has 1 aliphatic heterocycles. The molecule has 7 heteroatoms. The second kappa shape index (κ2) is 6.24. The summed E-state index contributed by atoms with van der Waals surface area (Å²) in [6.07, 6.45) is 6.73. The lowest BCUT2D eigenvalue weighted by molar-refractivity contribution is 0.101. The van der Waals surface area contributed by atoms with Crippen LogP contribution in [0.4, 0.5) is 0 Å². The second-order valence-electron chi connectivity index (χ2n) is 5.49. The highest BCUT2D eigenvalue weighted by Gasteiger charge is 2.22. The van der Waals surface area contributed by atoms with Gasteiger partial charge in [0.05, 0.1) is 16.7 Å². The minimum Gasteiger partial charge on any atom is -0.281 e. The summed E-state index contributed by atoms with van der Waals surface area (Å²) in [6, 6.07) is 2.31. The molecule has 1 atom stereocenters. The largest absolute Gasteiger partial charge is 0.281 e. The number of hydrogen-bond donors (Lipinski definition) is 0. The van der Waals surface area contributed by atoms with E-state index in [-0.39, 0.29) is 0 Å². The van der Waals surface area contributed by atoms with Gasteiger partial charge in [-0.25, -0.2) is 4.68 Å². The average Bonchev–Trinajstić information content (AvgIpc) is 2.77. The molecule has 114 valence electrons. The van der Waals surface area contributed by atoms with E-state index in [2.05, 4.69) is 16.9 Å². The van der Waals surface area contributed by atoms with Crippen molar-refractivity contribution in [1.82, 2.24) is 19.1 Å². The summed E-state index contributed by atoms with van der Waals surface area (Å²) < 4.78 is 4.26. The molecule has 1 fully saturated rings. The predicted molar refractivity (Wildman–Crippen MR) is 88.7 cm³/mol. The molecule has 0 radical (unpaired) electrons. The number of aromatic nitrogens is 3. The quantitative estimate of drug-likeness (QED) is 0.772. The van der Waals surface area contributed by atoms with Crippen LogP contribution in [-0.4, -0.2) is 31.7 Å². The van der Waals surface area contributed by atoms with Crippen LogP contribution in [0.25, 0.3) is 5.65 Å². The van der Waals surface area contributed by atoms with Crippen LogP contribution in [0, 0.1) is 4.77 Å². The van der Waals surface area contributed by atoms with E-state index >= 15 is 0 Å². The van der Waals surface area contributed by atoms with Crippen LogP contribution in [-0.2, 0) is 6.67 Å². The van der Waals surface area contributed by atoms with Crippen LogP contribution in [0.1, 0.15) is 32.6 Å². The maximum absolute atomic E-state index is 6.21. The number of nitrogens with zero attached hydrogens (tertiary/aromatic N) is 4. The van der Waals surface area contributed by atoms with Crippen LogP contribution >= 0.6 is 35.4 Å². The number of fused-ring (bicyclic) bond motifs is 1. The van der Waals surface area contributed by atoms with Crippen molar-refractivity contribution < 1.29 is 0 Å². The van der Waals surface area contributed by atoms with E-state index in [1.54, 1.807) is 16.7 Å². The number of pyridine rings is 1. The maximum Gasteiger partial charge on any atom is 0.203 e. The summed E-state index contributed by atoms with van der Waals surface area (Å²) in [5, 5.41) is 5.65. The smallest absolute Gasteiger partial charge is 0.203 e. The predicted octanol–water partition coefficient (Wildman–Crippen LogP) is 4.39. The Morgan fingerprint density at radius 1 is 1.38 bits per heavy atom. The van der Waals surface area contributed by atoms with Crippen molar-refractivity contribution in [3.8, 4) is 0 Å². The minimum absolute atomic E-state index is 0.526. The first-order valence-electron chi connectivity index (χ1n) is 7.28. The second-order valence-corrected chi connectivity index (χ2v) is 6.70. The first-order valence-corrected chi connectivity index (χ1v) is 8.45. The highest BCUT2D eigenvalue weighted by Crippen LogP contribution is 2.23. The third-order valence-corrected chi connectivity index (χ3v) is 5.03. The normalized spacial score (nSPS) is 20.2. The van der Waals surface area contributed by atoms with Crippen LogP contribution in [0.2, 0.25) is 10.0 Å². The Hall–Kier alpha value is -0.620. The molecule has 3 rings (SSSR count). The van der Waals surface area contributed by atoms with Crippen LogP contribution in [0.5, 0.6) is 0 Å². The third kappa shape index (κ3) is 2.97. The summed E-state index contributed by atoms with van der Waals surface area (Å²) in [7, 11) is 0. The fourth-order valence-electron chi connectivity index (χ4n) is 3.02. The summed E-state index contributed by atoms with van der Waals surface area (Å²) in [5.74, 6) is 0. The molecule has 0 amide bonds. The molecule has 2 aromatic heterocycles. The molecule has 0 aromatic carbocycles. The zero-order valence-electron chi connectivity index (χ0n) is 11.9. The van der Waals surface area contributed by atoms with E-state index in [1.807, 2.05) is 4.68 Å². The van der Waals surface area contributed by atoms with Gasteiger partial charge in [0.15, 0.2) is 5.65 Å². The van der Waals surface area contributed by atoms with Gasteiger partial charge in [-0.05, 0) is 37.5 Å². The van der Waals surface area contributed by atoms with E-state index in [0.717, 1.165) is 13.0 Å². The molecular formula is C14H18Cl2N4S. The average molecular weight is 345 g/mol. The molecule has 1 saturated heterocycles. The van der Waals surface area contributed by atoms with Crippen LogP contribution in [0.15, 0.2) is 12.3 Å². The van der Waals surface area contributed by atoms with Gasteiger partial charge < -0.3 is 0 Å². The molecule has 0 bridgehead atoms. The molecule has 1 aliphatic rings. The molecule has 21 heavy (non-hydrogen) atoms. The molecule has 0 spiro atoms. The van der Waals surface area contributed by atoms with E-state index in [0.29, 0.717) is 33.2 Å². The summed E-state index contributed by atoms with van der Waals surface area (Å²) in [5.41, 5.74) is 0.663. The van der Waals surface area contributed by atoms with Crippen molar-refractivity contribution in [3.63, 3.8) is 0 Å². The van der Waals surface area contributed by atoms with Gasteiger partial charge in [0.2, 0.25) is 4.77 Å². The first-order chi connectivity index (χ1) is 10.1. The summed E-state index contributed by atoms with van der Waals surface area (Å²) in [6.45, 7) is 4.05. The molecule has 2 aromatic rings. The third-order valence-electron chi connectivity index (χ3n) is 4.14. The lowest BCUT2D eigenvalue weighted by Crippen LogP contribution is -2.40. The fraction of sp³-hybridized carbons (Fsp3) is 0.571. The fourth-order valence-corrected chi connectivity index (χ4v) is 3.77. The summed E-state index contributed by atoms with van der Waals surface area (Å²) >= 11 is 17.8. The SMILES string of the molecule is CC[C@@H]1CCCCN1Cn1nc2c(Cl)cc(Cl)cn2c1=S. The van der Waals surface area contributed by atoms with Crippen LogP contribution in [0.3, 0.4) is 0 Å². The number of rotatable bonds is 3. The van der Waals surface area contributed by atoms with Crippen molar-refractivity contribution in [2.45, 2.75) is 45.3 Å². The first kappa shape index (κ1) is 15.3. The van der Waals surface area contributed by atoms with Gasteiger partial charge in [-0.15, -0.1) is 5.10 Å². The van der Waals surface area contributed by atoms with Crippen molar-refractivity contribution in [2.75, 3.05) is 6.54 Å². The van der Waals surface area contributed by atoms with E-state index < -0.39 is 0 Å². The molecule has 0 N–H and O–H groups in total. The van der Waals surface area contributed by atoms with Gasteiger partial charge in [0.25, 0.3) is 0 Å². The van der Waals surface area contributed by atoms with Gasteiger partial charge in [-0.1, -0.05) is 36.5 Å². The molecular weight excluding hydrogens is 327 g/mol. The van der Waals surface area contributed by atoms with Crippen molar-refractivity contribution in [2.24, 2.45) is 0 Å². The molecule has 0 aliphatic carbocycles. The number of likely N-dealkylation sites (tertiary alicyclic amines) is 1. The van der Waals surface area contributed by atoms with Gasteiger partial charge >= 0.3 is 0 Å². The zero-order chi connectivity index (χ0) is 15.0. The van der Waals surface area contributed by atoms with Gasteiger partial charge in [-0.2, -0.15) is 0 Å². The lowest BCUT2D eigenvalue weighted by Gasteiger charge is -2.34. The monoisotopic (exact) mass is 344 g/mol. The maximum atomic E-state index is 6.21. The highest BCUT2D eigenvalue weighted by atomic mass is 35.5. The van der Waals surface area contributed by atoms with Crippen molar-refractivity contribution >= 4 is 41.1 Å². The van der Waals surface area contributed by atoms with Gasteiger partial charge in [0.1, 0.15) is 0 Å². The number of halogens is 2. The Bertz CT molecular complexity index is 709. The van der Waals surface area contributed by atoms with Crippen LogP contribution < -0.4 is 0 Å². The lowest BCUT2D eigenvalue weighted by atomic mass is 10.0. The number of hydrogen-bond acceptors (Lipinski definition) is 3. The minimum atomic E-state index is 0.526. The Kier molecular flexibility index (Phi) is 4.54. The molecule has 0 unspecified atom stereocenters. The topological polar surface area (TPSA) is 25.5 Å². The Morgan fingerprint density at radius 2 is 2.19 bits per heavy atom. The van der Waals surface area contributed by atoms with E-state index in [9.17, 15) is 0 Å². The van der Waals surface area contributed by atoms with E-state index in [1.165, 1.54) is 19.3 Å². The zero-order valence-corrected chi connectivity index (χ0v) is 14.3. The van der Waals surface area contributed by atoms with E-state index in [4.69, 9.17) is 35.4 Å². The molecule has 4 nitrogen and oxygen atoms in total. The standard InChI is InChI=1S/C14H18Cl2N4S/c1-2-11-5-3-4-6-18(11)9-20-14(21)19-8-10(15)7-12(16)13(19)17-20/h7-8,11H,2-6,9H2,1H3/t11-/m1/s1. The Morgan fingerprint density at radius 3 is 2.95 bits per heavy atom. The molecule has 3 heterocycles. The Balaban J connectivity index is 1.96. The highest BCUT2D eigenvalue weighted by molar-refractivity contribution is 7.71.